The van der Waals surface area contributed by atoms with Gasteiger partial charge in [0.15, 0.2) is 0 Å². The minimum Gasteiger partial charge on any atom is -0.0620 e. The molecule has 5 heteroatoms. The summed E-state index contributed by atoms with van der Waals surface area (Å²) in [6.07, 6.45) is 15.1. The van der Waals surface area contributed by atoms with Crippen LogP contribution in [0.4, 0.5) is 0 Å². The second-order valence-corrected chi connectivity index (χ2v) is 12.7. The molecule has 2 aliphatic carbocycles. The topological polar surface area (TPSA) is 0 Å². The second kappa shape index (κ2) is 25.9. The maximum Gasteiger partial charge on any atom is 2.00 e. The van der Waals surface area contributed by atoms with Gasteiger partial charge >= 0.3 is 47.8 Å². The third-order valence-electron chi connectivity index (χ3n) is 6.93. The molecule has 0 unspecified atom stereocenters. The van der Waals surface area contributed by atoms with Crippen LogP contribution in [-0.2, 0) is 14.6 Å². The molecule has 0 aromatic heterocycles. The predicted octanol–water partition coefficient (Wildman–Crippen LogP) is 6.54. The number of benzene rings is 3. The van der Waals surface area contributed by atoms with Gasteiger partial charge in [-0.3, -0.25) is 0 Å². The molecule has 0 spiro atoms. The summed E-state index contributed by atoms with van der Waals surface area (Å²) in [5, 5.41) is 1.74. The molecule has 0 saturated heterocycles. The Balaban J connectivity index is 0. The standard InChI is InChI=1S/C18H27P.2C7H7.CH3.2ClH.Mg.Ni/c1-4-10-16(11-5-1)19(17-12-6-2-7-13-17)18-14-8-3-9-15-18;2*1-7-5-3-2-4-6-7;;;;;/h1,4-5,10-11,17-18H,2-3,6-9,12-15H2;2*2-5H,1H3;1H3;2*1H;;/q;3*-1;;;+2;+1/p-1. The first-order valence-electron chi connectivity index (χ1n) is 13.1. The maximum absolute atomic E-state index is 4.26. The van der Waals surface area contributed by atoms with Crippen LogP contribution in [0.2, 0.25) is 0 Å². The van der Waals surface area contributed by atoms with Crippen LogP contribution in [0.3, 0.4) is 0 Å². The van der Waals surface area contributed by atoms with Gasteiger partial charge in [0.1, 0.15) is 0 Å². The van der Waals surface area contributed by atoms with Crippen molar-refractivity contribution in [2.24, 2.45) is 0 Å². The van der Waals surface area contributed by atoms with E-state index in [-0.39, 0.29) is 50.8 Å². The Kier molecular flexibility index (Phi) is 27.3. The number of hydrogen-bond donors (Lipinski definition) is 0. The van der Waals surface area contributed by atoms with Gasteiger partial charge in [0.2, 0.25) is 0 Å². The zero-order valence-electron chi connectivity index (χ0n) is 23.5. The number of aryl methyl sites for hydroxylation is 2. The molecule has 0 bridgehead atoms. The monoisotopic (exact) mass is 624 g/mol. The normalized spacial score (nSPS) is 14.8. The zero-order chi connectivity index (χ0) is 25.1. The van der Waals surface area contributed by atoms with Crippen molar-refractivity contribution in [1.82, 2.24) is 0 Å². The number of hydrogen-bond acceptors (Lipinski definition) is 0. The SMILES string of the molecule is Cc1[c-]cccc1.Cc1[c-]cccc1.[CH3-].[Cl-].[Cl][Ni].[Mg+2].c1ccc([PH+](C2CCCCC2)C2CCCCC2)cc1. The van der Waals surface area contributed by atoms with Gasteiger partial charge in [0.25, 0.3) is 0 Å². The van der Waals surface area contributed by atoms with E-state index in [0.717, 1.165) is 11.3 Å². The van der Waals surface area contributed by atoms with E-state index in [0.29, 0.717) is 0 Å². The molecule has 0 aliphatic heterocycles. The van der Waals surface area contributed by atoms with E-state index in [2.05, 4.69) is 67.2 Å². The quantitative estimate of drug-likeness (QED) is 0.176. The Morgan fingerprint density at radius 1 is 0.632 bits per heavy atom. The molecule has 2 aliphatic rings. The van der Waals surface area contributed by atoms with E-state index in [4.69, 9.17) is 0 Å². The van der Waals surface area contributed by atoms with Crippen molar-refractivity contribution in [3.05, 3.63) is 110 Å². The first kappa shape index (κ1) is 40.1. The molecule has 2 fully saturated rings. The van der Waals surface area contributed by atoms with Gasteiger partial charge in [0.05, 0.1) is 16.6 Å². The van der Waals surface area contributed by atoms with E-state index < -0.39 is 0 Å². The molecule has 0 N–H and O–H groups in total. The van der Waals surface area contributed by atoms with Crippen LogP contribution in [0, 0.1) is 33.4 Å². The summed E-state index contributed by atoms with van der Waals surface area (Å²) in [6, 6.07) is 33.5. The minimum atomic E-state index is -0.323. The largest absolute Gasteiger partial charge is 2.00 e. The predicted molar refractivity (Wildman–Crippen MR) is 166 cm³/mol. The molecule has 0 heterocycles. The average Bonchev–Trinajstić information content (AvgIpc) is 2.94. The first-order chi connectivity index (χ1) is 17.2. The summed E-state index contributed by atoms with van der Waals surface area (Å²) < 4.78 is 0. The maximum atomic E-state index is 4.26. The van der Waals surface area contributed by atoms with Gasteiger partial charge in [0, 0.05) is 7.92 Å². The van der Waals surface area contributed by atoms with Crippen LogP contribution in [0.1, 0.15) is 75.3 Å². The Morgan fingerprint density at radius 3 is 1.29 bits per heavy atom. The summed E-state index contributed by atoms with van der Waals surface area (Å²) in [5.74, 6) is 0. The van der Waals surface area contributed by atoms with Crippen molar-refractivity contribution < 1.29 is 27.0 Å². The van der Waals surface area contributed by atoms with Crippen LogP contribution in [0.5, 0.6) is 0 Å². The molecule has 0 nitrogen and oxygen atoms in total. The Hall–Kier alpha value is -0.0703. The van der Waals surface area contributed by atoms with E-state index in [1.165, 1.54) is 75.3 Å². The van der Waals surface area contributed by atoms with Gasteiger partial charge in [-0.15, -0.1) is 0 Å². The third kappa shape index (κ3) is 16.3. The molecular formula is C33H45Cl2MgNiP-. The summed E-state index contributed by atoms with van der Waals surface area (Å²) in [6.45, 7) is 4.06. The van der Waals surface area contributed by atoms with E-state index in [1.807, 2.05) is 62.4 Å². The number of rotatable bonds is 3. The van der Waals surface area contributed by atoms with E-state index >= 15 is 0 Å². The van der Waals surface area contributed by atoms with Crippen LogP contribution >= 0.6 is 18.1 Å². The Bertz CT molecular complexity index is 816. The zero-order valence-corrected chi connectivity index (χ0v) is 28.4. The van der Waals surface area contributed by atoms with Crippen molar-refractivity contribution in [3.63, 3.8) is 0 Å². The molecule has 0 amide bonds. The van der Waals surface area contributed by atoms with Crippen molar-refractivity contribution in [3.8, 4) is 0 Å². The van der Waals surface area contributed by atoms with Crippen molar-refractivity contribution in [1.29, 1.82) is 0 Å². The van der Waals surface area contributed by atoms with Crippen LogP contribution in [-0.4, -0.2) is 34.4 Å². The minimum absolute atomic E-state index is 0. The summed E-state index contributed by atoms with van der Waals surface area (Å²) >= 11 is 3.35. The summed E-state index contributed by atoms with van der Waals surface area (Å²) in [7, 11) is 3.94. The fraction of sp³-hybridized carbons (Fsp3) is 0.424. The fourth-order valence-corrected chi connectivity index (χ4v) is 9.48. The molecule has 3 aromatic rings. The van der Waals surface area contributed by atoms with Gasteiger partial charge < -0.3 is 19.8 Å². The van der Waals surface area contributed by atoms with Gasteiger partial charge in [-0.2, -0.15) is 71.8 Å². The smallest absolute Gasteiger partial charge is 0.0620 e. The molecule has 3 aromatic carbocycles. The average molecular weight is 627 g/mol. The fourth-order valence-electron chi connectivity index (χ4n) is 5.23. The Morgan fingerprint density at radius 2 is 1.00 bits per heavy atom. The van der Waals surface area contributed by atoms with Crippen molar-refractivity contribution in [2.75, 3.05) is 0 Å². The molecule has 0 atom stereocenters. The molecule has 2 saturated carbocycles. The molecule has 209 valence electrons. The van der Waals surface area contributed by atoms with Gasteiger partial charge in [-0.05, 0) is 63.5 Å². The molecule has 0 radical (unpaired) electrons. The third-order valence-corrected chi connectivity index (χ3v) is 10.8. The molecule has 5 rings (SSSR count). The van der Waals surface area contributed by atoms with Crippen LogP contribution in [0.15, 0.2) is 78.9 Å². The Labute approximate surface area is 270 Å². The second-order valence-electron chi connectivity index (χ2n) is 9.58. The summed E-state index contributed by atoms with van der Waals surface area (Å²) in [5.41, 5.74) is 4.54. The van der Waals surface area contributed by atoms with E-state index in [9.17, 15) is 0 Å². The summed E-state index contributed by atoms with van der Waals surface area (Å²) in [4.78, 5) is 0. The van der Waals surface area contributed by atoms with E-state index in [1.54, 1.807) is 5.30 Å². The van der Waals surface area contributed by atoms with Gasteiger partial charge in [-0.1, -0.05) is 44.9 Å². The van der Waals surface area contributed by atoms with Gasteiger partial charge in [-0.25, -0.2) is 0 Å². The van der Waals surface area contributed by atoms with Crippen molar-refractivity contribution >= 4 is 46.5 Å². The van der Waals surface area contributed by atoms with Crippen LogP contribution in [0.25, 0.3) is 0 Å². The molecule has 38 heavy (non-hydrogen) atoms. The number of halogens is 2. The van der Waals surface area contributed by atoms with Crippen molar-refractivity contribution in [2.45, 2.75) is 89.4 Å². The molecular weight excluding hydrogens is 581 g/mol. The first-order valence-corrected chi connectivity index (χ1v) is 16.2. The van der Waals surface area contributed by atoms with Crippen LogP contribution < -0.4 is 17.7 Å².